The Bertz CT molecular complexity index is 439. The molecular weight excluding hydrogens is 237 g/mol. The molecule has 0 aromatic heterocycles. The Hall–Kier alpha value is -0.890. The quantitative estimate of drug-likeness (QED) is 0.836. The lowest BCUT2D eigenvalue weighted by Gasteiger charge is -2.35. The van der Waals surface area contributed by atoms with Crippen LogP contribution < -0.4 is 5.32 Å². The summed E-state index contributed by atoms with van der Waals surface area (Å²) < 4.78 is 13.6. The van der Waals surface area contributed by atoms with E-state index < -0.39 is 0 Å². The van der Waals surface area contributed by atoms with E-state index >= 15 is 0 Å². The van der Waals surface area contributed by atoms with E-state index in [1.807, 2.05) is 6.07 Å². The second-order valence-electron chi connectivity index (χ2n) is 6.52. The summed E-state index contributed by atoms with van der Waals surface area (Å²) in [4.78, 5) is 0. The van der Waals surface area contributed by atoms with Crippen molar-refractivity contribution in [3.05, 3.63) is 35.1 Å². The summed E-state index contributed by atoms with van der Waals surface area (Å²) in [6.45, 7) is 9.84. The highest BCUT2D eigenvalue weighted by Crippen LogP contribution is 2.49. The predicted molar refractivity (Wildman–Crippen MR) is 78.7 cm³/mol. The molecule has 0 amide bonds. The second kappa shape index (κ2) is 5.62. The molecule has 1 saturated carbocycles. The van der Waals surface area contributed by atoms with Gasteiger partial charge in [0.2, 0.25) is 0 Å². The molecule has 2 rings (SSSR count). The van der Waals surface area contributed by atoms with Crippen LogP contribution in [0.1, 0.15) is 57.2 Å². The summed E-state index contributed by atoms with van der Waals surface area (Å²) in [7, 11) is 0. The van der Waals surface area contributed by atoms with Crippen molar-refractivity contribution in [2.45, 2.75) is 53.0 Å². The van der Waals surface area contributed by atoms with E-state index in [9.17, 15) is 4.39 Å². The first-order valence-electron chi connectivity index (χ1n) is 7.45. The van der Waals surface area contributed by atoms with E-state index in [4.69, 9.17) is 0 Å². The van der Waals surface area contributed by atoms with E-state index in [-0.39, 0.29) is 11.9 Å². The Balaban J connectivity index is 2.37. The van der Waals surface area contributed by atoms with Crippen LogP contribution in [0, 0.1) is 24.1 Å². The zero-order valence-electron chi connectivity index (χ0n) is 12.6. The highest BCUT2D eigenvalue weighted by atomic mass is 19.1. The first-order valence-corrected chi connectivity index (χ1v) is 7.45. The topological polar surface area (TPSA) is 12.0 Å². The van der Waals surface area contributed by atoms with Crippen molar-refractivity contribution < 1.29 is 4.39 Å². The van der Waals surface area contributed by atoms with Crippen molar-refractivity contribution in [1.82, 2.24) is 5.32 Å². The van der Waals surface area contributed by atoms with E-state index in [0.717, 1.165) is 12.1 Å². The molecule has 0 spiro atoms. The summed E-state index contributed by atoms with van der Waals surface area (Å²) >= 11 is 0. The van der Waals surface area contributed by atoms with Gasteiger partial charge >= 0.3 is 0 Å². The minimum Gasteiger partial charge on any atom is -0.310 e. The molecule has 0 aliphatic heterocycles. The zero-order valence-corrected chi connectivity index (χ0v) is 12.6. The third kappa shape index (κ3) is 3.00. The van der Waals surface area contributed by atoms with Crippen LogP contribution in [0.2, 0.25) is 0 Å². The molecule has 1 fully saturated rings. The average Bonchev–Trinajstić information content (AvgIpc) is 2.69. The van der Waals surface area contributed by atoms with Crippen molar-refractivity contribution in [3.63, 3.8) is 0 Å². The lowest BCUT2D eigenvalue weighted by atomic mass is 9.74. The SMILES string of the molecule is CCNC(c1cc(F)ccc1C)C1CCCC1(C)C. The predicted octanol–water partition coefficient (Wildman–Crippen LogP) is 4.61. The van der Waals surface area contributed by atoms with Crippen LogP contribution in [-0.2, 0) is 0 Å². The monoisotopic (exact) mass is 263 g/mol. The van der Waals surface area contributed by atoms with Gasteiger partial charge in [0.1, 0.15) is 5.82 Å². The molecule has 1 nitrogen and oxygen atoms in total. The van der Waals surface area contributed by atoms with Crippen LogP contribution in [0.3, 0.4) is 0 Å². The van der Waals surface area contributed by atoms with Gasteiger partial charge in [0.25, 0.3) is 0 Å². The number of aryl methyl sites for hydroxylation is 1. The maximum atomic E-state index is 13.6. The number of rotatable bonds is 4. The molecule has 0 saturated heterocycles. The van der Waals surface area contributed by atoms with Gasteiger partial charge < -0.3 is 5.32 Å². The summed E-state index contributed by atoms with van der Waals surface area (Å²) in [5.74, 6) is 0.465. The first-order chi connectivity index (χ1) is 8.95. The standard InChI is InChI=1S/C17H26FN/c1-5-19-16(15-7-6-10-17(15,3)4)14-11-13(18)9-8-12(14)2/h8-9,11,15-16,19H,5-7,10H2,1-4H3. The van der Waals surface area contributed by atoms with Gasteiger partial charge in [-0.25, -0.2) is 4.39 Å². The minimum absolute atomic E-state index is 0.126. The van der Waals surface area contributed by atoms with Crippen molar-refractivity contribution in [1.29, 1.82) is 0 Å². The molecule has 2 unspecified atom stereocenters. The van der Waals surface area contributed by atoms with Crippen LogP contribution in [0.25, 0.3) is 0 Å². The van der Waals surface area contributed by atoms with Crippen molar-refractivity contribution in [3.8, 4) is 0 Å². The third-order valence-corrected chi connectivity index (χ3v) is 4.74. The fourth-order valence-electron chi connectivity index (χ4n) is 3.61. The fraction of sp³-hybridized carbons (Fsp3) is 0.647. The number of benzene rings is 1. The number of hydrogen-bond acceptors (Lipinski definition) is 1. The van der Waals surface area contributed by atoms with Crippen LogP contribution in [-0.4, -0.2) is 6.54 Å². The van der Waals surface area contributed by atoms with Gasteiger partial charge in [-0.3, -0.25) is 0 Å². The maximum absolute atomic E-state index is 13.6. The Labute approximate surface area is 116 Å². The van der Waals surface area contributed by atoms with Gasteiger partial charge in [-0.2, -0.15) is 0 Å². The number of nitrogens with one attached hydrogen (secondary N) is 1. The minimum atomic E-state index is -0.126. The molecule has 2 atom stereocenters. The molecule has 1 N–H and O–H groups in total. The van der Waals surface area contributed by atoms with Gasteiger partial charge in [-0.05, 0) is 60.9 Å². The second-order valence-corrected chi connectivity index (χ2v) is 6.52. The smallest absolute Gasteiger partial charge is 0.123 e. The summed E-state index contributed by atoms with van der Waals surface area (Å²) in [6, 6.07) is 5.45. The number of halogens is 1. The zero-order chi connectivity index (χ0) is 14.0. The Morgan fingerprint density at radius 1 is 1.42 bits per heavy atom. The first kappa shape index (κ1) is 14.5. The summed E-state index contributed by atoms with van der Waals surface area (Å²) in [5.41, 5.74) is 2.67. The van der Waals surface area contributed by atoms with Gasteiger partial charge in [0.15, 0.2) is 0 Å². The Kier molecular flexibility index (Phi) is 4.29. The van der Waals surface area contributed by atoms with E-state index in [0.29, 0.717) is 11.3 Å². The molecule has 1 aliphatic rings. The van der Waals surface area contributed by atoms with E-state index in [1.54, 1.807) is 12.1 Å². The number of hydrogen-bond donors (Lipinski definition) is 1. The molecule has 1 aliphatic carbocycles. The lowest BCUT2D eigenvalue weighted by Crippen LogP contribution is -2.34. The molecule has 1 aromatic carbocycles. The maximum Gasteiger partial charge on any atom is 0.123 e. The van der Waals surface area contributed by atoms with Crippen LogP contribution in [0.15, 0.2) is 18.2 Å². The van der Waals surface area contributed by atoms with Crippen LogP contribution >= 0.6 is 0 Å². The van der Waals surface area contributed by atoms with Crippen molar-refractivity contribution in [2.24, 2.45) is 11.3 Å². The largest absolute Gasteiger partial charge is 0.310 e. The third-order valence-electron chi connectivity index (χ3n) is 4.74. The van der Waals surface area contributed by atoms with Crippen LogP contribution in [0.5, 0.6) is 0 Å². The fourth-order valence-corrected chi connectivity index (χ4v) is 3.61. The van der Waals surface area contributed by atoms with Crippen molar-refractivity contribution in [2.75, 3.05) is 6.54 Å². The van der Waals surface area contributed by atoms with E-state index in [2.05, 4.69) is 33.0 Å². The highest BCUT2D eigenvalue weighted by Gasteiger charge is 2.40. The van der Waals surface area contributed by atoms with E-state index in [1.165, 1.54) is 24.8 Å². The van der Waals surface area contributed by atoms with Crippen molar-refractivity contribution >= 4 is 0 Å². The molecule has 0 radical (unpaired) electrons. The molecule has 0 heterocycles. The molecular formula is C17H26FN. The summed E-state index contributed by atoms with van der Waals surface area (Å²) in [6.07, 6.45) is 3.79. The van der Waals surface area contributed by atoms with Gasteiger partial charge in [-0.15, -0.1) is 0 Å². The van der Waals surface area contributed by atoms with Crippen LogP contribution in [0.4, 0.5) is 4.39 Å². The molecule has 2 heteroatoms. The molecule has 1 aromatic rings. The van der Waals surface area contributed by atoms with Gasteiger partial charge in [-0.1, -0.05) is 33.3 Å². The summed E-state index contributed by atoms with van der Waals surface area (Å²) in [5, 5.41) is 3.60. The molecule has 19 heavy (non-hydrogen) atoms. The lowest BCUT2D eigenvalue weighted by molar-refractivity contribution is 0.198. The highest BCUT2D eigenvalue weighted by molar-refractivity contribution is 5.30. The average molecular weight is 263 g/mol. The molecule has 0 bridgehead atoms. The normalized spacial score (nSPS) is 23.5. The van der Waals surface area contributed by atoms with Gasteiger partial charge in [0, 0.05) is 6.04 Å². The van der Waals surface area contributed by atoms with Gasteiger partial charge in [0.05, 0.1) is 0 Å². The Morgan fingerprint density at radius 3 is 2.74 bits per heavy atom. The molecule has 106 valence electrons. The Morgan fingerprint density at radius 2 is 2.16 bits per heavy atom.